The topological polar surface area (TPSA) is 59.0 Å². The minimum Gasteiger partial charge on any atom is -0.399 e. The summed E-state index contributed by atoms with van der Waals surface area (Å²) in [5.41, 5.74) is 11.6. The summed E-state index contributed by atoms with van der Waals surface area (Å²) < 4.78 is 0.977. The summed E-state index contributed by atoms with van der Waals surface area (Å²) in [6, 6.07) is 17.4. The second-order valence-corrected chi connectivity index (χ2v) is 5.82. The summed E-state index contributed by atoms with van der Waals surface area (Å²) in [5.74, 6) is 0. The third-order valence-electron chi connectivity index (χ3n) is 4.17. The summed E-state index contributed by atoms with van der Waals surface area (Å²) >= 11 is 0. The maximum Gasteiger partial charge on any atom is 0.265 e. The van der Waals surface area contributed by atoms with Gasteiger partial charge in [0.1, 0.15) is 0 Å². The molecule has 1 aliphatic rings. The Labute approximate surface area is 139 Å². The van der Waals surface area contributed by atoms with E-state index in [1.165, 1.54) is 0 Å². The lowest BCUT2D eigenvalue weighted by molar-refractivity contribution is -0.480. The van der Waals surface area contributed by atoms with E-state index in [0.29, 0.717) is 11.4 Å². The lowest BCUT2D eigenvalue weighted by Gasteiger charge is -2.09. The Morgan fingerprint density at radius 1 is 0.958 bits per heavy atom. The molecule has 2 aromatic carbocycles. The molecule has 0 saturated carbocycles. The zero-order chi connectivity index (χ0) is 16.5. The van der Waals surface area contributed by atoms with Gasteiger partial charge >= 0.3 is 0 Å². The van der Waals surface area contributed by atoms with Gasteiger partial charge in [0, 0.05) is 38.7 Å². The molecule has 1 aromatic heterocycles. The maximum absolute atomic E-state index is 12.6. The highest BCUT2D eigenvalue weighted by Crippen LogP contribution is 2.30. The fourth-order valence-electron chi connectivity index (χ4n) is 2.91. The van der Waals surface area contributed by atoms with Crippen LogP contribution in [0.15, 0.2) is 60.8 Å². The van der Waals surface area contributed by atoms with Gasteiger partial charge in [-0.25, -0.2) is 0 Å². The van der Waals surface area contributed by atoms with E-state index in [1.807, 2.05) is 60.8 Å². The van der Waals surface area contributed by atoms with Crippen LogP contribution < -0.4 is 5.73 Å². The van der Waals surface area contributed by atoms with E-state index in [2.05, 4.69) is 4.98 Å². The van der Waals surface area contributed by atoms with Crippen molar-refractivity contribution in [3.05, 3.63) is 82.5 Å². The van der Waals surface area contributed by atoms with Crippen LogP contribution in [0.4, 0.5) is 11.4 Å². The molecule has 3 aromatic rings. The number of nitrogens with zero attached hydrogens (tertiary/aromatic N) is 2. The number of rotatable bonds is 1. The Balaban J connectivity index is 1.81. The summed E-state index contributed by atoms with van der Waals surface area (Å²) in [4.78, 5) is 17.2. The number of nitrogen functional groups attached to an aromatic ring is 1. The van der Waals surface area contributed by atoms with Crippen molar-refractivity contribution in [2.24, 2.45) is 0 Å². The fourth-order valence-corrected chi connectivity index (χ4v) is 2.91. The highest BCUT2D eigenvalue weighted by Gasteiger charge is 2.23. The molecule has 116 valence electrons. The first kappa shape index (κ1) is 14.3. The van der Waals surface area contributed by atoms with E-state index in [4.69, 9.17) is 5.73 Å². The molecule has 2 N–H and O–H groups in total. The lowest BCUT2D eigenvalue weighted by atomic mass is 10.0. The van der Waals surface area contributed by atoms with Crippen LogP contribution in [0.2, 0.25) is 0 Å². The second kappa shape index (κ2) is 5.74. The molecule has 0 aliphatic carbocycles. The average molecular weight is 314 g/mol. The smallest absolute Gasteiger partial charge is 0.265 e. The zero-order valence-corrected chi connectivity index (χ0v) is 13.0. The summed E-state index contributed by atoms with van der Waals surface area (Å²) in [5, 5.41) is 0. The molecule has 0 radical (unpaired) electrons. The van der Waals surface area contributed by atoms with Crippen molar-refractivity contribution in [3.63, 3.8) is 0 Å². The fraction of sp³-hybridized carbons (Fsp3) is 0.0500. The van der Waals surface area contributed by atoms with E-state index < -0.39 is 0 Å². The predicted molar refractivity (Wildman–Crippen MR) is 96.4 cm³/mol. The van der Waals surface area contributed by atoms with E-state index in [0.717, 1.165) is 32.7 Å². The molecule has 4 nitrogen and oxygen atoms in total. The molecular formula is C20H16N3O+. The Bertz CT molecular complexity index is 962. The van der Waals surface area contributed by atoms with Crippen molar-refractivity contribution in [2.45, 2.75) is 6.54 Å². The number of benzene rings is 2. The molecule has 0 spiro atoms. The van der Waals surface area contributed by atoms with Crippen LogP contribution in [0.1, 0.15) is 16.8 Å². The van der Waals surface area contributed by atoms with Crippen molar-refractivity contribution >= 4 is 23.5 Å². The monoisotopic (exact) mass is 314 g/mol. The van der Waals surface area contributed by atoms with Gasteiger partial charge in [-0.2, -0.15) is 0 Å². The molecule has 0 saturated heterocycles. The third kappa shape index (κ3) is 2.58. The second-order valence-electron chi connectivity index (χ2n) is 5.82. The van der Waals surface area contributed by atoms with Gasteiger partial charge in [-0.1, -0.05) is 30.3 Å². The van der Waals surface area contributed by atoms with Crippen LogP contribution in [0.25, 0.3) is 23.3 Å². The lowest BCUT2D eigenvalue weighted by Crippen LogP contribution is -2.08. The number of nitrogens with two attached hydrogens (primary N) is 1. The first-order valence-electron chi connectivity index (χ1n) is 7.77. The summed E-state index contributed by atoms with van der Waals surface area (Å²) in [6.07, 6.45) is 5.71. The van der Waals surface area contributed by atoms with Gasteiger partial charge < -0.3 is 5.73 Å². The largest absolute Gasteiger partial charge is 0.399 e. The zero-order valence-electron chi connectivity index (χ0n) is 13.0. The van der Waals surface area contributed by atoms with Crippen molar-refractivity contribution in [1.29, 1.82) is 0 Å². The Kier molecular flexibility index (Phi) is 3.43. The maximum atomic E-state index is 12.6. The molecule has 0 fully saturated rings. The molecule has 2 heterocycles. The van der Waals surface area contributed by atoms with Crippen molar-refractivity contribution in [1.82, 2.24) is 4.98 Å². The van der Waals surface area contributed by atoms with Crippen LogP contribution in [0, 0.1) is 4.91 Å². The third-order valence-corrected chi connectivity index (χ3v) is 4.17. The average Bonchev–Trinajstić information content (AvgIpc) is 2.61. The van der Waals surface area contributed by atoms with Crippen LogP contribution >= 0.6 is 0 Å². The van der Waals surface area contributed by atoms with Gasteiger partial charge in [-0.05, 0) is 35.9 Å². The number of fused-ring (bicyclic) bond motifs is 2. The molecule has 4 rings (SSSR count). The Morgan fingerprint density at radius 3 is 2.62 bits per heavy atom. The number of anilines is 1. The van der Waals surface area contributed by atoms with Gasteiger partial charge in [0.15, 0.2) is 0 Å². The Morgan fingerprint density at radius 2 is 1.79 bits per heavy atom. The Hall–Kier alpha value is -3.27. The highest BCUT2D eigenvalue weighted by atomic mass is 16.3. The van der Waals surface area contributed by atoms with Crippen molar-refractivity contribution < 1.29 is 4.76 Å². The first-order chi connectivity index (χ1) is 11.7. The minimum absolute atomic E-state index is 0.240. The molecule has 0 amide bonds. The summed E-state index contributed by atoms with van der Waals surface area (Å²) in [7, 11) is 0. The molecular weight excluding hydrogens is 298 g/mol. The van der Waals surface area contributed by atoms with Gasteiger partial charge in [0.05, 0.1) is 11.3 Å². The first-order valence-corrected chi connectivity index (χ1v) is 7.77. The van der Waals surface area contributed by atoms with Gasteiger partial charge in [0.25, 0.3) is 5.69 Å². The van der Waals surface area contributed by atoms with Crippen molar-refractivity contribution in [3.8, 4) is 11.1 Å². The molecule has 1 aliphatic heterocycles. The number of nitroso groups, excluding NO2 is 1. The van der Waals surface area contributed by atoms with Crippen LogP contribution in [-0.4, -0.2) is 9.74 Å². The number of hydrogen-bond acceptors (Lipinski definition) is 3. The number of aromatic nitrogens is 1. The number of hydrogen-bond donors (Lipinski definition) is 1. The highest BCUT2D eigenvalue weighted by molar-refractivity contribution is 5.77. The van der Waals surface area contributed by atoms with Crippen molar-refractivity contribution in [2.75, 3.05) is 5.73 Å². The van der Waals surface area contributed by atoms with E-state index in [1.54, 1.807) is 12.1 Å². The SMILES string of the molecule is Nc1ccc2c(c1)[N+](=O)Cc1cc(-c3ccccc3)cnc1C=C2. The van der Waals surface area contributed by atoms with E-state index in [-0.39, 0.29) is 6.54 Å². The van der Waals surface area contributed by atoms with E-state index >= 15 is 0 Å². The van der Waals surface area contributed by atoms with Gasteiger partial charge in [0.2, 0.25) is 6.54 Å². The minimum atomic E-state index is 0.240. The molecule has 24 heavy (non-hydrogen) atoms. The molecule has 0 atom stereocenters. The molecule has 0 unspecified atom stereocenters. The van der Waals surface area contributed by atoms with Gasteiger partial charge in [-0.15, -0.1) is 0 Å². The van der Waals surface area contributed by atoms with E-state index in [9.17, 15) is 4.91 Å². The molecule has 4 heteroatoms. The van der Waals surface area contributed by atoms with Crippen LogP contribution in [-0.2, 0) is 6.54 Å². The standard InChI is InChI=1S/C20H16N3O/c21-18-8-6-15-7-9-19-17(13-23(24)20(15)11-18)10-16(12-22-19)14-4-2-1-3-5-14/h1-12H,13,21H2/q+1. The normalized spacial score (nSPS) is 12.9. The van der Waals surface area contributed by atoms with Crippen LogP contribution in [0.3, 0.4) is 0 Å². The summed E-state index contributed by atoms with van der Waals surface area (Å²) in [6.45, 7) is 0.240. The predicted octanol–water partition coefficient (Wildman–Crippen LogP) is 4.43. The van der Waals surface area contributed by atoms with Gasteiger partial charge in [-0.3, -0.25) is 4.98 Å². The quantitative estimate of drug-likeness (QED) is 0.534. The van der Waals surface area contributed by atoms with Crippen LogP contribution in [0.5, 0.6) is 0 Å². The molecule has 0 bridgehead atoms. The number of pyridine rings is 1.